The van der Waals surface area contributed by atoms with Gasteiger partial charge in [0.15, 0.2) is 0 Å². The minimum absolute atomic E-state index is 0.0720. The van der Waals surface area contributed by atoms with Crippen LogP contribution in [0.3, 0.4) is 0 Å². The summed E-state index contributed by atoms with van der Waals surface area (Å²) in [4.78, 5) is 12.7. The number of rotatable bonds is 6. The molecule has 0 radical (unpaired) electrons. The molecule has 0 aromatic heterocycles. The van der Waals surface area contributed by atoms with E-state index < -0.39 is 0 Å². The van der Waals surface area contributed by atoms with E-state index in [1.165, 1.54) is 0 Å². The van der Waals surface area contributed by atoms with Gasteiger partial charge in [-0.1, -0.05) is 26.7 Å². The monoisotopic (exact) mass is 254 g/mol. The first-order valence-corrected chi connectivity index (χ1v) is 7.49. The zero-order valence-electron chi connectivity index (χ0n) is 12.6. The Morgan fingerprint density at radius 2 is 1.83 bits per heavy atom. The van der Waals surface area contributed by atoms with Gasteiger partial charge in [0, 0.05) is 5.54 Å². The number of carbonyl (C=O) groups excluding carboxylic acids is 1. The van der Waals surface area contributed by atoms with Gasteiger partial charge in [0.1, 0.15) is 0 Å². The molecule has 1 fully saturated rings. The van der Waals surface area contributed by atoms with Crippen LogP contribution in [0, 0.1) is 5.41 Å². The Kier molecular flexibility index (Phi) is 5.64. The summed E-state index contributed by atoms with van der Waals surface area (Å²) in [5.41, 5.74) is -0.192. The molecular weight excluding hydrogens is 224 g/mol. The Labute approximate surface area is 112 Å². The maximum absolute atomic E-state index is 12.7. The number of piperidine rings is 1. The zero-order chi connectivity index (χ0) is 13.6. The molecule has 0 aliphatic carbocycles. The summed E-state index contributed by atoms with van der Waals surface area (Å²) in [6, 6.07) is 0. The van der Waals surface area contributed by atoms with Crippen LogP contribution in [0.1, 0.15) is 66.2 Å². The van der Waals surface area contributed by atoms with E-state index in [1.54, 1.807) is 0 Å². The Bertz CT molecular complexity index is 262. The van der Waals surface area contributed by atoms with Crippen molar-refractivity contribution in [1.82, 2.24) is 10.6 Å². The van der Waals surface area contributed by atoms with Gasteiger partial charge in [-0.25, -0.2) is 0 Å². The molecule has 0 unspecified atom stereocenters. The molecule has 0 bridgehead atoms. The van der Waals surface area contributed by atoms with Gasteiger partial charge in [-0.2, -0.15) is 0 Å². The average Bonchev–Trinajstić information content (AvgIpc) is 2.29. The molecule has 0 aromatic carbocycles. The Morgan fingerprint density at radius 3 is 2.33 bits per heavy atom. The highest BCUT2D eigenvalue weighted by Crippen LogP contribution is 2.35. The molecule has 18 heavy (non-hydrogen) atoms. The second-order valence-electron chi connectivity index (χ2n) is 6.37. The molecule has 3 heteroatoms. The largest absolute Gasteiger partial charge is 0.351 e. The SMILES string of the molecule is CCCC(C)(C)NC(=O)C1(CCC)CCNCC1. The molecule has 1 rings (SSSR count). The van der Waals surface area contributed by atoms with E-state index in [9.17, 15) is 4.79 Å². The molecule has 1 amide bonds. The van der Waals surface area contributed by atoms with Crippen LogP contribution in [-0.2, 0) is 4.79 Å². The molecule has 0 saturated carbocycles. The van der Waals surface area contributed by atoms with Gasteiger partial charge in [0.2, 0.25) is 5.91 Å². The summed E-state index contributed by atoms with van der Waals surface area (Å²) in [6.07, 6.45) is 6.21. The molecule has 2 N–H and O–H groups in total. The lowest BCUT2D eigenvalue weighted by atomic mass is 9.74. The number of carbonyl (C=O) groups is 1. The molecule has 1 aliphatic rings. The van der Waals surface area contributed by atoms with Gasteiger partial charge in [-0.05, 0) is 52.6 Å². The van der Waals surface area contributed by atoms with Crippen molar-refractivity contribution >= 4 is 5.91 Å². The van der Waals surface area contributed by atoms with Crippen LogP contribution < -0.4 is 10.6 Å². The molecule has 1 saturated heterocycles. The van der Waals surface area contributed by atoms with E-state index in [2.05, 4.69) is 38.3 Å². The maximum Gasteiger partial charge on any atom is 0.226 e. The normalized spacial score (nSPS) is 19.6. The summed E-state index contributed by atoms with van der Waals surface area (Å²) >= 11 is 0. The predicted octanol–water partition coefficient (Wildman–Crippen LogP) is 2.85. The number of hydrogen-bond acceptors (Lipinski definition) is 2. The Balaban J connectivity index is 2.70. The Morgan fingerprint density at radius 1 is 1.22 bits per heavy atom. The summed E-state index contributed by atoms with van der Waals surface area (Å²) in [5.74, 6) is 0.282. The van der Waals surface area contributed by atoms with E-state index >= 15 is 0 Å². The van der Waals surface area contributed by atoms with Gasteiger partial charge in [0.05, 0.1) is 5.41 Å². The first-order valence-electron chi connectivity index (χ1n) is 7.49. The van der Waals surface area contributed by atoms with Crippen LogP contribution in [0.4, 0.5) is 0 Å². The van der Waals surface area contributed by atoms with E-state index in [1.807, 2.05) is 0 Å². The van der Waals surface area contributed by atoms with Crippen molar-refractivity contribution in [3.63, 3.8) is 0 Å². The molecule has 0 spiro atoms. The zero-order valence-corrected chi connectivity index (χ0v) is 12.6. The summed E-state index contributed by atoms with van der Waals surface area (Å²) in [7, 11) is 0. The Hall–Kier alpha value is -0.570. The highest BCUT2D eigenvalue weighted by Gasteiger charge is 2.40. The number of nitrogens with one attached hydrogen (secondary N) is 2. The second kappa shape index (κ2) is 6.55. The van der Waals surface area contributed by atoms with E-state index in [0.29, 0.717) is 0 Å². The number of amides is 1. The lowest BCUT2D eigenvalue weighted by Gasteiger charge is -2.39. The van der Waals surface area contributed by atoms with Crippen LogP contribution in [0.15, 0.2) is 0 Å². The van der Waals surface area contributed by atoms with Crippen molar-refractivity contribution in [2.75, 3.05) is 13.1 Å². The highest BCUT2D eigenvalue weighted by atomic mass is 16.2. The third-order valence-electron chi connectivity index (χ3n) is 4.10. The van der Waals surface area contributed by atoms with Crippen molar-refractivity contribution in [1.29, 1.82) is 0 Å². The van der Waals surface area contributed by atoms with Gasteiger partial charge in [0.25, 0.3) is 0 Å². The first kappa shape index (κ1) is 15.5. The highest BCUT2D eigenvalue weighted by molar-refractivity contribution is 5.83. The summed E-state index contributed by atoms with van der Waals surface area (Å²) in [5, 5.41) is 6.65. The summed E-state index contributed by atoms with van der Waals surface area (Å²) in [6.45, 7) is 10.6. The third kappa shape index (κ3) is 3.98. The standard InChI is InChI=1S/C15H30N2O/c1-5-7-14(3,4)17-13(18)15(8-6-2)9-11-16-12-10-15/h16H,5-12H2,1-4H3,(H,17,18). The molecule has 106 valence electrons. The van der Waals surface area contributed by atoms with E-state index in [4.69, 9.17) is 0 Å². The first-order chi connectivity index (χ1) is 8.46. The second-order valence-corrected chi connectivity index (χ2v) is 6.37. The van der Waals surface area contributed by atoms with Gasteiger partial charge in [-0.15, -0.1) is 0 Å². The molecule has 3 nitrogen and oxygen atoms in total. The summed E-state index contributed by atoms with van der Waals surface area (Å²) < 4.78 is 0. The molecule has 0 atom stereocenters. The fraction of sp³-hybridized carbons (Fsp3) is 0.933. The van der Waals surface area contributed by atoms with Crippen molar-refractivity contribution < 1.29 is 4.79 Å². The topological polar surface area (TPSA) is 41.1 Å². The van der Waals surface area contributed by atoms with Crippen LogP contribution in [0.5, 0.6) is 0 Å². The predicted molar refractivity (Wildman–Crippen MR) is 76.6 cm³/mol. The molecule has 1 aliphatic heterocycles. The van der Waals surface area contributed by atoms with E-state index in [-0.39, 0.29) is 16.9 Å². The quantitative estimate of drug-likeness (QED) is 0.765. The van der Waals surface area contributed by atoms with Crippen molar-refractivity contribution in [2.45, 2.75) is 71.8 Å². The van der Waals surface area contributed by atoms with Gasteiger partial charge < -0.3 is 10.6 Å². The smallest absolute Gasteiger partial charge is 0.226 e. The van der Waals surface area contributed by atoms with Crippen LogP contribution in [0.25, 0.3) is 0 Å². The average molecular weight is 254 g/mol. The fourth-order valence-electron chi connectivity index (χ4n) is 3.10. The van der Waals surface area contributed by atoms with Crippen molar-refractivity contribution in [2.24, 2.45) is 5.41 Å². The van der Waals surface area contributed by atoms with Crippen LogP contribution in [0.2, 0.25) is 0 Å². The van der Waals surface area contributed by atoms with Crippen LogP contribution in [-0.4, -0.2) is 24.5 Å². The lowest BCUT2D eigenvalue weighted by molar-refractivity contribution is -0.135. The third-order valence-corrected chi connectivity index (χ3v) is 4.10. The van der Waals surface area contributed by atoms with Crippen molar-refractivity contribution in [3.05, 3.63) is 0 Å². The lowest BCUT2D eigenvalue weighted by Crippen LogP contribution is -2.53. The van der Waals surface area contributed by atoms with Crippen molar-refractivity contribution in [3.8, 4) is 0 Å². The minimum Gasteiger partial charge on any atom is -0.351 e. The van der Waals surface area contributed by atoms with Crippen LogP contribution >= 0.6 is 0 Å². The van der Waals surface area contributed by atoms with Gasteiger partial charge in [-0.3, -0.25) is 4.79 Å². The van der Waals surface area contributed by atoms with E-state index in [0.717, 1.165) is 51.6 Å². The molecular formula is C15H30N2O. The minimum atomic E-state index is -0.120. The molecule has 1 heterocycles. The fourth-order valence-corrected chi connectivity index (χ4v) is 3.10. The molecule has 0 aromatic rings. The maximum atomic E-state index is 12.7. The number of hydrogen-bond donors (Lipinski definition) is 2. The van der Waals surface area contributed by atoms with Gasteiger partial charge >= 0.3 is 0 Å².